The maximum absolute atomic E-state index is 3.49. The normalized spacial score (nSPS) is 13.2. The second-order valence-corrected chi connectivity index (χ2v) is 5.30. The van der Waals surface area contributed by atoms with Crippen molar-refractivity contribution in [2.24, 2.45) is 0 Å². The summed E-state index contributed by atoms with van der Waals surface area (Å²) in [6.45, 7) is 12.2. The van der Waals surface area contributed by atoms with E-state index in [4.69, 9.17) is 0 Å². The Labute approximate surface area is 112 Å². The highest BCUT2D eigenvalue weighted by Gasteiger charge is 2.12. The Hall–Kier alpha value is -0.860. The Morgan fingerprint density at radius 2 is 1.78 bits per heavy atom. The van der Waals surface area contributed by atoms with Crippen LogP contribution in [0.3, 0.4) is 0 Å². The van der Waals surface area contributed by atoms with E-state index in [-0.39, 0.29) is 0 Å². The molecule has 0 saturated carbocycles. The van der Waals surface area contributed by atoms with Gasteiger partial charge in [0.25, 0.3) is 0 Å². The molecular formula is C16H28N2. The monoisotopic (exact) mass is 248 g/mol. The van der Waals surface area contributed by atoms with Gasteiger partial charge >= 0.3 is 0 Å². The molecule has 1 unspecified atom stereocenters. The van der Waals surface area contributed by atoms with E-state index in [0.29, 0.717) is 12.1 Å². The van der Waals surface area contributed by atoms with Crippen LogP contribution < -0.4 is 5.32 Å². The number of hydrogen-bond acceptors (Lipinski definition) is 2. The molecule has 102 valence electrons. The summed E-state index contributed by atoms with van der Waals surface area (Å²) in [6, 6.07) is 11.9. The minimum atomic E-state index is 0.585. The highest BCUT2D eigenvalue weighted by Crippen LogP contribution is 2.10. The molecule has 0 aromatic heterocycles. The lowest BCUT2D eigenvalue weighted by Gasteiger charge is -2.28. The van der Waals surface area contributed by atoms with Gasteiger partial charge in [0.2, 0.25) is 0 Å². The van der Waals surface area contributed by atoms with Crippen molar-refractivity contribution in [1.82, 2.24) is 10.2 Å². The lowest BCUT2D eigenvalue weighted by molar-refractivity contribution is 0.199. The van der Waals surface area contributed by atoms with Gasteiger partial charge in [-0.05, 0) is 32.0 Å². The van der Waals surface area contributed by atoms with Crippen LogP contribution in [0, 0.1) is 0 Å². The fourth-order valence-corrected chi connectivity index (χ4v) is 2.16. The van der Waals surface area contributed by atoms with Gasteiger partial charge in [-0.3, -0.25) is 4.90 Å². The third-order valence-electron chi connectivity index (χ3n) is 3.37. The Morgan fingerprint density at radius 1 is 1.11 bits per heavy atom. The zero-order chi connectivity index (χ0) is 13.4. The molecule has 18 heavy (non-hydrogen) atoms. The molecule has 0 fully saturated rings. The van der Waals surface area contributed by atoms with Gasteiger partial charge in [0.05, 0.1) is 0 Å². The number of hydrogen-bond donors (Lipinski definition) is 1. The quantitative estimate of drug-likeness (QED) is 0.759. The second-order valence-electron chi connectivity index (χ2n) is 5.30. The van der Waals surface area contributed by atoms with Crippen LogP contribution in [0.25, 0.3) is 0 Å². The summed E-state index contributed by atoms with van der Waals surface area (Å²) in [4.78, 5) is 2.54. The van der Waals surface area contributed by atoms with Gasteiger partial charge < -0.3 is 5.32 Å². The first kappa shape index (κ1) is 15.2. The van der Waals surface area contributed by atoms with E-state index >= 15 is 0 Å². The summed E-state index contributed by atoms with van der Waals surface area (Å²) in [5.41, 5.74) is 1.41. The van der Waals surface area contributed by atoms with E-state index in [1.165, 1.54) is 12.0 Å². The molecule has 0 spiro atoms. The fraction of sp³-hybridized carbons (Fsp3) is 0.625. The first-order valence-electron chi connectivity index (χ1n) is 7.14. The Morgan fingerprint density at radius 3 is 2.33 bits per heavy atom. The van der Waals surface area contributed by atoms with Crippen molar-refractivity contribution in [2.45, 2.75) is 52.7 Å². The van der Waals surface area contributed by atoms with Crippen LogP contribution in [0.2, 0.25) is 0 Å². The van der Waals surface area contributed by atoms with Crippen LogP contribution in [0.4, 0.5) is 0 Å². The van der Waals surface area contributed by atoms with Gasteiger partial charge in [-0.15, -0.1) is 0 Å². The summed E-state index contributed by atoms with van der Waals surface area (Å²) in [7, 11) is 0. The summed E-state index contributed by atoms with van der Waals surface area (Å²) in [5.74, 6) is 0. The highest BCUT2D eigenvalue weighted by molar-refractivity contribution is 5.14. The Balaban J connectivity index is 2.40. The predicted molar refractivity (Wildman–Crippen MR) is 79.7 cm³/mol. The second kappa shape index (κ2) is 8.28. The molecule has 0 aliphatic rings. The van der Waals surface area contributed by atoms with Crippen LogP contribution in [0.15, 0.2) is 30.3 Å². The Kier molecular flexibility index (Phi) is 6.99. The Bertz CT molecular complexity index is 308. The minimum absolute atomic E-state index is 0.585. The molecule has 2 nitrogen and oxygen atoms in total. The number of rotatable bonds is 8. The first-order valence-corrected chi connectivity index (χ1v) is 7.14. The van der Waals surface area contributed by atoms with Gasteiger partial charge in [-0.2, -0.15) is 0 Å². The van der Waals surface area contributed by atoms with Crippen molar-refractivity contribution in [3.63, 3.8) is 0 Å². The van der Waals surface area contributed by atoms with Gasteiger partial charge in [0, 0.05) is 18.6 Å². The van der Waals surface area contributed by atoms with E-state index < -0.39 is 0 Å². The summed E-state index contributed by atoms with van der Waals surface area (Å²) >= 11 is 0. The van der Waals surface area contributed by atoms with Crippen molar-refractivity contribution in [3.8, 4) is 0 Å². The molecule has 0 saturated heterocycles. The number of nitrogens with one attached hydrogen (secondary N) is 1. The van der Waals surface area contributed by atoms with Crippen LogP contribution in [0.1, 0.15) is 39.7 Å². The van der Waals surface area contributed by atoms with E-state index in [0.717, 1.165) is 19.6 Å². The van der Waals surface area contributed by atoms with Gasteiger partial charge in [0.1, 0.15) is 0 Å². The molecule has 0 amide bonds. The molecule has 0 heterocycles. The van der Waals surface area contributed by atoms with Gasteiger partial charge in [0.15, 0.2) is 0 Å². The fourth-order valence-electron chi connectivity index (χ4n) is 2.16. The lowest BCUT2D eigenvalue weighted by atomic mass is 10.1. The number of benzene rings is 1. The van der Waals surface area contributed by atoms with Crippen LogP contribution in [-0.4, -0.2) is 30.1 Å². The molecule has 0 bridgehead atoms. The molecule has 1 aromatic rings. The van der Waals surface area contributed by atoms with Gasteiger partial charge in [-0.25, -0.2) is 0 Å². The molecule has 0 aliphatic heterocycles. The largest absolute Gasteiger partial charge is 0.314 e. The smallest absolute Gasteiger partial charge is 0.0236 e. The number of nitrogens with zero attached hydrogens (tertiary/aromatic N) is 1. The maximum Gasteiger partial charge on any atom is 0.0236 e. The van der Waals surface area contributed by atoms with E-state index in [1.807, 2.05) is 0 Å². The predicted octanol–water partition coefficient (Wildman–Crippen LogP) is 3.29. The van der Waals surface area contributed by atoms with E-state index in [1.54, 1.807) is 0 Å². The van der Waals surface area contributed by atoms with Crippen LogP contribution >= 0.6 is 0 Å². The summed E-state index contributed by atoms with van der Waals surface area (Å²) < 4.78 is 0. The molecule has 0 radical (unpaired) electrons. The molecule has 1 atom stereocenters. The highest BCUT2D eigenvalue weighted by atomic mass is 15.1. The molecule has 1 aromatic carbocycles. The minimum Gasteiger partial charge on any atom is -0.314 e. The van der Waals surface area contributed by atoms with Crippen molar-refractivity contribution in [1.29, 1.82) is 0 Å². The molecule has 1 rings (SSSR count). The molecule has 2 heteroatoms. The van der Waals surface area contributed by atoms with Crippen molar-refractivity contribution in [3.05, 3.63) is 35.9 Å². The summed E-state index contributed by atoms with van der Waals surface area (Å²) in [6.07, 6.45) is 1.21. The molecular weight excluding hydrogens is 220 g/mol. The van der Waals surface area contributed by atoms with Crippen molar-refractivity contribution >= 4 is 0 Å². The van der Waals surface area contributed by atoms with E-state index in [2.05, 4.69) is 68.2 Å². The average Bonchev–Trinajstić information content (AvgIpc) is 2.36. The first-order chi connectivity index (χ1) is 8.63. The average molecular weight is 248 g/mol. The maximum atomic E-state index is 3.49. The van der Waals surface area contributed by atoms with Crippen molar-refractivity contribution < 1.29 is 0 Å². The lowest BCUT2D eigenvalue weighted by Crippen LogP contribution is -2.36. The standard InChI is InChI=1S/C16H28N2/c1-5-18(13-16-9-7-6-8-10-16)15(4)11-12-17-14(2)3/h6-10,14-15,17H,5,11-13H2,1-4H3. The zero-order valence-electron chi connectivity index (χ0n) is 12.3. The van der Waals surface area contributed by atoms with Gasteiger partial charge in [-0.1, -0.05) is 51.1 Å². The third kappa shape index (κ3) is 5.65. The summed E-state index contributed by atoms with van der Waals surface area (Å²) in [5, 5.41) is 3.49. The third-order valence-corrected chi connectivity index (χ3v) is 3.37. The van der Waals surface area contributed by atoms with Crippen LogP contribution in [-0.2, 0) is 6.54 Å². The topological polar surface area (TPSA) is 15.3 Å². The van der Waals surface area contributed by atoms with Crippen LogP contribution in [0.5, 0.6) is 0 Å². The molecule has 1 N–H and O–H groups in total. The zero-order valence-corrected chi connectivity index (χ0v) is 12.3. The van der Waals surface area contributed by atoms with E-state index in [9.17, 15) is 0 Å². The SMILES string of the molecule is CCN(Cc1ccccc1)C(C)CCNC(C)C. The molecule has 0 aliphatic carbocycles. The van der Waals surface area contributed by atoms with Crippen molar-refractivity contribution in [2.75, 3.05) is 13.1 Å².